The average Bonchev–Trinajstić information content (AvgIpc) is 3.46. The van der Waals surface area contributed by atoms with E-state index in [4.69, 9.17) is 9.47 Å². The quantitative estimate of drug-likeness (QED) is 0.480. The third-order valence-electron chi connectivity index (χ3n) is 5.63. The standard InChI is InChI=1S/C22H20N4O2P2/c1-29-21-23-7-15(25-21)11-3-13-9-28-18-6-12(16-8-24-22(26-16)30-2)4-14-10-27-17(5-11)19(13)20(14)18/h3-8,29-30H,9-10H2,1-2H3,(H,23,25)(H,24,26). The maximum atomic E-state index is 6.22. The predicted molar refractivity (Wildman–Crippen MR) is 123 cm³/mol. The number of rotatable bonds is 4. The predicted octanol–water partition coefficient (Wildman–Crippen LogP) is 3.79. The summed E-state index contributed by atoms with van der Waals surface area (Å²) >= 11 is 0. The van der Waals surface area contributed by atoms with Crippen LogP contribution in [0.25, 0.3) is 33.6 Å². The summed E-state index contributed by atoms with van der Waals surface area (Å²) in [6.45, 7) is 5.29. The second-order valence-corrected chi connectivity index (χ2v) is 9.33. The number of nitrogens with zero attached hydrogens (tertiary/aromatic N) is 2. The normalized spacial score (nSPS) is 14.3. The summed E-state index contributed by atoms with van der Waals surface area (Å²) in [7, 11) is 1.29. The van der Waals surface area contributed by atoms with Crippen molar-refractivity contribution in [3.05, 3.63) is 47.8 Å². The molecule has 0 bridgehead atoms. The van der Waals surface area contributed by atoms with Crippen molar-refractivity contribution in [3.8, 4) is 45.1 Å². The topological polar surface area (TPSA) is 75.8 Å². The highest BCUT2D eigenvalue weighted by molar-refractivity contribution is 7.45. The van der Waals surface area contributed by atoms with E-state index < -0.39 is 0 Å². The molecule has 6 nitrogen and oxygen atoms in total. The molecule has 6 rings (SSSR count). The summed E-state index contributed by atoms with van der Waals surface area (Å²) in [6, 6.07) is 8.61. The number of aromatic nitrogens is 4. The summed E-state index contributed by atoms with van der Waals surface area (Å²) in [5, 5.41) is 0. The van der Waals surface area contributed by atoms with Crippen LogP contribution in [-0.2, 0) is 13.2 Å². The van der Waals surface area contributed by atoms with Crippen molar-refractivity contribution in [2.45, 2.75) is 13.2 Å². The van der Waals surface area contributed by atoms with Crippen molar-refractivity contribution in [1.82, 2.24) is 19.9 Å². The number of nitrogens with one attached hydrogen (secondary N) is 2. The Labute approximate surface area is 177 Å². The summed E-state index contributed by atoms with van der Waals surface area (Å²) in [5.74, 6) is 1.83. The van der Waals surface area contributed by atoms with Gasteiger partial charge < -0.3 is 19.4 Å². The minimum atomic E-state index is 0.524. The third-order valence-corrected chi connectivity index (χ3v) is 7.09. The lowest BCUT2D eigenvalue weighted by Crippen LogP contribution is -2.15. The van der Waals surface area contributed by atoms with E-state index in [1.165, 1.54) is 0 Å². The van der Waals surface area contributed by atoms with E-state index in [1.807, 2.05) is 12.4 Å². The molecule has 2 aliphatic rings. The lowest BCUT2D eigenvalue weighted by Gasteiger charge is -2.30. The molecule has 4 aromatic rings. The van der Waals surface area contributed by atoms with Crippen LogP contribution in [0.4, 0.5) is 0 Å². The first-order chi connectivity index (χ1) is 14.7. The number of hydrogen-bond acceptors (Lipinski definition) is 4. The van der Waals surface area contributed by atoms with E-state index in [-0.39, 0.29) is 0 Å². The van der Waals surface area contributed by atoms with Crippen LogP contribution < -0.4 is 20.6 Å². The second-order valence-electron chi connectivity index (χ2n) is 7.39. The van der Waals surface area contributed by atoms with Crippen molar-refractivity contribution in [2.75, 3.05) is 13.3 Å². The smallest absolute Gasteiger partial charge is 0.128 e. The molecule has 150 valence electrons. The first kappa shape index (κ1) is 18.1. The molecule has 2 aliphatic heterocycles. The Kier molecular flexibility index (Phi) is 4.19. The van der Waals surface area contributed by atoms with Gasteiger partial charge in [-0.1, -0.05) is 17.2 Å². The number of H-pyrrole nitrogens is 2. The van der Waals surface area contributed by atoms with E-state index in [2.05, 4.69) is 57.5 Å². The van der Waals surface area contributed by atoms with E-state index in [9.17, 15) is 0 Å². The summed E-state index contributed by atoms with van der Waals surface area (Å²) in [4.78, 5) is 15.7. The van der Waals surface area contributed by atoms with Gasteiger partial charge in [-0.25, -0.2) is 9.97 Å². The molecule has 0 amide bonds. The fourth-order valence-corrected chi connectivity index (χ4v) is 5.09. The van der Waals surface area contributed by atoms with E-state index in [1.54, 1.807) is 0 Å². The number of hydrogen-bond donors (Lipinski definition) is 2. The molecule has 2 unspecified atom stereocenters. The first-order valence-corrected chi connectivity index (χ1v) is 12.8. The van der Waals surface area contributed by atoms with Crippen molar-refractivity contribution in [3.63, 3.8) is 0 Å². The van der Waals surface area contributed by atoms with Crippen LogP contribution in [0.2, 0.25) is 0 Å². The van der Waals surface area contributed by atoms with Crippen LogP contribution in [0.15, 0.2) is 36.7 Å². The zero-order chi connectivity index (χ0) is 20.2. The number of imidazole rings is 2. The number of benzene rings is 2. The minimum absolute atomic E-state index is 0.524. The van der Waals surface area contributed by atoms with E-state index >= 15 is 0 Å². The lowest BCUT2D eigenvalue weighted by molar-refractivity contribution is 0.278. The maximum absolute atomic E-state index is 6.22. The molecule has 2 aromatic carbocycles. The van der Waals surface area contributed by atoms with Crippen molar-refractivity contribution in [1.29, 1.82) is 0 Å². The fraction of sp³-hybridized carbons (Fsp3) is 0.182. The minimum Gasteiger partial charge on any atom is -0.488 e. The lowest BCUT2D eigenvalue weighted by atomic mass is 9.87. The molecule has 0 saturated heterocycles. The van der Waals surface area contributed by atoms with Gasteiger partial charge >= 0.3 is 0 Å². The molecule has 0 fully saturated rings. The molecule has 0 spiro atoms. The Morgan fingerprint density at radius 3 is 1.60 bits per heavy atom. The summed E-state index contributed by atoms with van der Waals surface area (Å²) in [6.07, 6.45) is 3.79. The van der Waals surface area contributed by atoms with Gasteiger partial charge in [0.2, 0.25) is 0 Å². The highest BCUT2D eigenvalue weighted by atomic mass is 31.1. The zero-order valence-electron chi connectivity index (χ0n) is 16.6. The fourth-order valence-electron chi connectivity index (χ4n) is 4.18. The molecule has 0 saturated carbocycles. The van der Waals surface area contributed by atoms with Gasteiger partial charge in [0.15, 0.2) is 0 Å². The molecular formula is C22H20N4O2P2. The molecular weight excluding hydrogens is 414 g/mol. The van der Waals surface area contributed by atoms with Crippen molar-refractivity contribution >= 4 is 28.3 Å². The number of aromatic amines is 2. The van der Waals surface area contributed by atoms with Gasteiger partial charge in [0, 0.05) is 33.4 Å². The molecule has 2 aromatic heterocycles. The Morgan fingerprint density at radius 1 is 0.733 bits per heavy atom. The second kappa shape index (κ2) is 6.94. The van der Waals surface area contributed by atoms with Crippen LogP contribution >= 0.6 is 17.2 Å². The largest absolute Gasteiger partial charge is 0.488 e. The van der Waals surface area contributed by atoms with Gasteiger partial charge in [-0.15, -0.1) is 0 Å². The molecule has 30 heavy (non-hydrogen) atoms. The Bertz CT molecular complexity index is 1140. The molecule has 2 N–H and O–H groups in total. The SMILES string of the molecule is CPc1ncc(-c2cc3c4c(c2)OCc2cc(-c5cnc(PC)[nH]5)cc(c2-4)OC3)[nH]1. The van der Waals surface area contributed by atoms with Gasteiger partial charge in [0.05, 0.1) is 23.8 Å². The maximum Gasteiger partial charge on any atom is 0.128 e. The van der Waals surface area contributed by atoms with Crippen LogP contribution in [0.3, 0.4) is 0 Å². The first-order valence-electron chi connectivity index (χ1n) is 9.79. The zero-order valence-corrected chi connectivity index (χ0v) is 18.6. The van der Waals surface area contributed by atoms with Crippen molar-refractivity contribution < 1.29 is 9.47 Å². The van der Waals surface area contributed by atoms with Gasteiger partial charge in [-0.05, 0) is 37.6 Å². The molecule has 0 radical (unpaired) electrons. The molecule has 2 atom stereocenters. The van der Waals surface area contributed by atoms with Crippen LogP contribution in [0.5, 0.6) is 11.5 Å². The van der Waals surface area contributed by atoms with E-state index in [0.717, 1.165) is 67.4 Å². The van der Waals surface area contributed by atoms with Crippen LogP contribution in [0.1, 0.15) is 11.1 Å². The van der Waals surface area contributed by atoms with E-state index in [0.29, 0.717) is 30.4 Å². The van der Waals surface area contributed by atoms with Crippen LogP contribution in [0, 0.1) is 0 Å². The van der Waals surface area contributed by atoms with Gasteiger partial charge in [0.1, 0.15) is 35.8 Å². The van der Waals surface area contributed by atoms with Crippen LogP contribution in [-0.4, -0.2) is 33.3 Å². The molecule has 8 heteroatoms. The highest BCUT2D eigenvalue weighted by Crippen LogP contribution is 2.50. The monoisotopic (exact) mass is 434 g/mol. The summed E-state index contributed by atoms with van der Waals surface area (Å²) in [5.41, 5.74) is 10.8. The molecule has 4 heterocycles. The number of ether oxygens (including phenoxy) is 2. The van der Waals surface area contributed by atoms with Gasteiger partial charge in [-0.3, -0.25) is 0 Å². The summed E-state index contributed by atoms with van der Waals surface area (Å²) < 4.78 is 12.4. The third kappa shape index (κ3) is 2.79. The Hall–Kier alpha value is -2.68. The highest BCUT2D eigenvalue weighted by Gasteiger charge is 2.30. The Balaban J connectivity index is 1.47. The molecule has 0 aliphatic carbocycles. The van der Waals surface area contributed by atoms with Crippen molar-refractivity contribution in [2.24, 2.45) is 0 Å². The van der Waals surface area contributed by atoms with Gasteiger partial charge in [0.25, 0.3) is 0 Å². The average molecular weight is 434 g/mol. The Morgan fingerprint density at radius 2 is 1.20 bits per heavy atom. The van der Waals surface area contributed by atoms with Gasteiger partial charge in [-0.2, -0.15) is 0 Å².